The molecule has 0 atom stereocenters. The average molecular weight is 352 g/mol. The first-order valence-corrected chi connectivity index (χ1v) is 8.92. The lowest BCUT2D eigenvalue weighted by atomic mass is 10.3. The average Bonchev–Trinajstić information content (AvgIpc) is 2.37. The molecule has 0 spiro atoms. The van der Waals surface area contributed by atoms with Gasteiger partial charge in [-0.3, -0.25) is 4.90 Å². The third-order valence-corrected chi connectivity index (χ3v) is 6.44. The zero-order chi connectivity index (χ0) is 15.8. The van der Waals surface area contributed by atoms with E-state index in [1.54, 1.807) is 0 Å². The molecule has 1 aliphatic heterocycles. The van der Waals surface area contributed by atoms with Gasteiger partial charge in [0.05, 0.1) is 10.0 Å². The van der Waals surface area contributed by atoms with Gasteiger partial charge in [-0.1, -0.05) is 23.2 Å². The summed E-state index contributed by atoms with van der Waals surface area (Å²) in [5.74, 6) is 0. The highest BCUT2D eigenvalue weighted by molar-refractivity contribution is 7.89. The predicted octanol–water partition coefficient (Wildman–Crippen LogP) is 2.29. The molecule has 1 heterocycles. The van der Waals surface area contributed by atoms with Gasteiger partial charge >= 0.3 is 0 Å². The van der Waals surface area contributed by atoms with Crippen molar-refractivity contribution in [2.24, 2.45) is 0 Å². The number of nitrogen functional groups attached to an aromatic ring is 1. The summed E-state index contributed by atoms with van der Waals surface area (Å²) in [6.07, 6.45) is 0. The van der Waals surface area contributed by atoms with Crippen LogP contribution in [0.2, 0.25) is 10.0 Å². The smallest absolute Gasteiger partial charge is 0.246 e. The van der Waals surface area contributed by atoms with E-state index < -0.39 is 10.0 Å². The fourth-order valence-electron chi connectivity index (χ4n) is 2.42. The number of hydrogen-bond acceptors (Lipinski definition) is 4. The van der Waals surface area contributed by atoms with Crippen LogP contribution in [0.5, 0.6) is 0 Å². The van der Waals surface area contributed by atoms with Crippen molar-refractivity contribution in [3.8, 4) is 0 Å². The Morgan fingerprint density at radius 1 is 1.10 bits per heavy atom. The summed E-state index contributed by atoms with van der Waals surface area (Å²) in [6.45, 7) is 6.44. The largest absolute Gasteiger partial charge is 0.399 e. The number of piperazine rings is 1. The van der Waals surface area contributed by atoms with Gasteiger partial charge in [0.25, 0.3) is 0 Å². The van der Waals surface area contributed by atoms with E-state index in [9.17, 15) is 8.42 Å². The molecule has 5 nitrogen and oxygen atoms in total. The summed E-state index contributed by atoms with van der Waals surface area (Å²) in [5.41, 5.74) is 5.96. The molecule has 0 aliphatic carbocycles. The summed E-state index contributed by atoms with van der Waals surface area (Å²) in [4.78, 5) is 2.18. The molecule has 2 rings (SSSR count). The molecule has 1 fully saturated rings. The van der Waals surface area contributed by atoms with Crippen LogP contribution in [0.1, 0.15) is 13.8 Å². The highest BCUT2D eigenvalue weighted by Crippen LogP contribution is 2.34. The van der Waals surface area contributed by atoms with E-state index in [0.29, 0.717) is 37.9 Å². The van der Waals surface area contributed by atoms with E-state index in [-0.39, 0.29) is 14.9 Å². The number of anilines is 1. The van der Waals surface area contributed by atoms with Gasteiger partial charge in [0.2, 0.25) is 10.0 Å². The third kappa shape index (κ3) is 3.46. The number of sulfonamides is 1. The zero-order valence-electron chi connectivity index (χ0n) is 12.0. The maximum atomic E-state index is 12.7. The molecular formula is C13H19Cl2N3O2S. The monoisotopic (exact) mass is 351 g/mol. The molecule has 0 saturated carbocycles. The Labute approximate surface area is 135 Å². The molecule has 0 bridgehead atoms. The second-order valence-electron chi connectivity index (χ2n) is 5.35. The molecule has 0 aromatic heterocycles. The van der Waals surface area contributed by atoms with Crippen molar-refractivity contribution in [2.45, 2.75) is 24.8 Å². The van der Waals surface area contributed by atoms with Crippen molar-refractivity contribution in [3.63, 3.8) is 0 Å². The van der Waals surface area contributed by atoms with Crippen LogP contribution in [0.3, 0.4) is 0 Å². The molecular weight excluding hydrogens is 333 g/mol. The lowest BCUT2D eigenvalue weighted by Crippen LogP contribution is -2.50. The number of nitrogens with zero attached hydrogens (tertiary/aromatic N) is 2. The first-order valence-electron chi connectivity index (χ1n) is 6.72. The number of halogens is 2. The summed E-state index contributed by atoms with van der Waals surface area (Å²) < 4.78 is 26.9. The van der Waals surface area contributed by atoms with Crippen molar-refractivity contribution in [2.75, 3.05) is 31.9 Å². The summed E-state index contributed by atoms with van der Waals surface area (Å²) >= 11 is 12.1. The second-order valence-corrected chi connectivity index (χ2v) is 8.04. The Morgan fingerprint density at radius 2 is 1.57 bits per heavy atom. The lowest BCUT2D eigenvalue weighted by molar-refractivity contribution is 0.154. The molecule has 1 aromatic carbocycles. The van der Waals surface area contributed by atoms with Crippen LogP contribution in [0.25, 0.3) is 0 Å². The van der Waals surface area contributed by atoms with Gasteiger partial charge in [0.15, 0.2) is 0 Å². The normalized spacial score (nSPS) is 18.3. The standard InChI is InChI=1S/C13H19Cl2N3O2S/c1-9(2)17-3-5-18(6-4-17)21(19,20)13-11(14)7-10(16)8-12(13)15/h7-9H,3-6,16H2,1-2H3. The molecule has 8 heteroatoms. The van der Waals surface area contributed by atoms with E-state index in [1.807, 2.05) is 0 Å². The quantitative estimate of drug-likeness (QED) is 0.848. The SMILES string of the molecule is CC(C)N1CCN(S(=O)(=O)c2c(Cl)cc(N)cc2Cl)CC1. The predicted molar refractivity (Wildman–Crippen MR) is 86.3 cm³/mol. The fraction of sp³-hybridized carbons (Fsp3) is 0.538. The van der Waals surface area contributed by atoms with Crippen LogP contribution in [0.4, 0.5) is 5.69 Å². The Hall–Kier alpha value is -0.530. The summed E-state index contributed by atoms with van der Waals surface area (Å²) in [6, 6.07) is 3.22. The Kier molecular flexibility index (Phi) is 5.05. The summed E-state index contributed by atoms with van der Waals surface area (Å²) in [5, 5.41) is 0.123. The zero-order valence-corrected chi connectivity index (χ0v) is 14.3. The molecule has 0 radical (unpaired) electrons. The first kappa shape index (κ1) is 16.8. The Bertz CT molecular complexity index is 603. The van der Waals surface area contributed by atoms with Crippen molar-refractivity contribution in [1.29, 1.82) is 0 Å². The van der Waals surface area contributed by atoms with E-state index in [2.05, 4.69) is 18.7 Å². The van der Waals surface area contributed by atoms with Gasteiger partial charge < -0.3 is 5.73 Å². The maximum Gasteiger partial charge on any atom is 0.246 e. The highest BCUT2D eigenvalue weighted by atomic mass is 35.5. The van der Waals surface area contributed by atoms with Crippen LogP contribution in [0, 0.1) is 0 Å². The van der Waals surface area contributed by atoms with Gasteiger partial charge in [-0.2, -0.15) is 4.31 Å². The van der Waals surface area contributed by atoms with Crippen molar-refractivity contribution in [3.05, 3.63) is 22.2 Å². The number of hydrogen-bond donors (Lipinski definition) is 1. The number of rotatable bonds is 3. The third-order valence-electron chi connectivity index (χ3n) is 3.62. The Morgan fingerprint density at radius 3 is 2.00 bits per heavy atom. The lowest BCUT2D eigenvalue weighted by Gasteiger charge is -2.36. The molecule has 21 heavy (non-hydrogen) atoms. The number of nitrogens with two attached hydrogens (primary N) is 1. The molecule has 1 aliphatic rings. The van der Waals surface area contributed by atoms with Gasteiger partial charge in [0, 0.05) is 37.9 Å². The molecule has 0 unspecified atom stereocenters. The van der Waals surface area contributed by atoms with Gasteiger partial charge in [-0.15, -0.1) is 0 Å². The fourth-order valence-corrected chi connectivity index (χ4v) is 5.02. The maximum absolute atomic E-state index is 12.7. The van der Waals surface area contributed by atoms with Gasteiger partial charge in [0.1, 0.15) is 4.90 Å². The number of benzene rings is 1. The topological polar surface area (TPSA) is 66.6 Å². The van der Waals surface area contributed by atoms with E-state index in [1.165, 1.54) is 16.4 Å². The van der Waals surface area contributed by atoms with Crippen LogP contribution in [-0.2, 0) is 10.0 Å². The van der Waals surface area contributed by atoms with E-state index >= 15 is 0 Å². The minimum Gasteiger partial charge on any atom is -0.399 e. The second kappa shape index (κ2) is 6.30. The van der Waals surface area contributed by atoms with E-state index in [4.69, 9.17) is 28.9 Å². The molecule has 0 amide bonds. The van der Waals surface area contributed by atoms with Gasteiger partial charge in [-0.05, 0) is 26.0 Å². The van der Waals surface area contributed by atoms with Crippen molar-refractivity contribution < 1.29 is 8.42 Å². The molecule has 118 valence electrons. The van der Waals surface area contributed by atoms with Crippen molar-refractivity contribution >= 4 is 38.9 Å². The minimum atomic E-state index is -3.70. The molecule has 1 saturated heterocycles. The molecule has 1 aromatic rings. The minimum absolute atomic E-state index is 0.0574. The van der Waals surface area contributed by atoms with Crippen LogP contribution in [0.15, 0.2) is 17.0 Å². The van der Waals surface area contributed by atoms with Crippen LogP contribution >= 0.6 is 23.2 Å². The van der Waals surface area contributed by atoms with Crippen LogP contribution < -0.4 is 5.73 Å². The van der Waals surface area contributed by atoms with E-state index in [0.717, 1.165) is 0 Å². The van der Waals surface area contributed by atoms with Crippen LogP contribution in [-0.4, -0.2) is 49.8 Å². The van der Waals surface area contributed by atoms with Crippen molar-refractivity contribution in [1.82, 2.24) is 9.21 Å². The summed E-state index contributed by atoms with van der Waals surface area (Å²) in [7, 11) is -3.70. The Balaban J connectivity index is 2.28. The molecule has 2 N–H and O–H groups in total. The van der Waals surface area contributed by atoms with Gasteiger partial charge in [-0.25, -0.2) is 8.42 Å². The highest BCUT2D eigenvalue weighted by Gasteiger charge is 2.32. The first-order chi connectivity index (χ1) is 9.73.